The molecule has 4 aromatic rings. The monoisotopic (exact) mass is 829 g/mol. The molecule has 10 rings (SSSR count). The lowest BCUT2D eigenvalue weighted by molar-refractivity contribution is -0.275. The number of ketones is 1. The van der Waals surface area contributed by atoms with E-state index in [0.717, 1.165) is 63.5 Å². The summed E-state index contributed by atoms with van der Waals surface area (Å²) in [5.41, 5.74) is 3.31. The van der Waals surface area contributed by atoms with E-state index in [1.54, 1.807) is 18.2 Å². The maximum absolute atomic E-state index is 12.9. The number of hydrogen-bond donors (Lipinski definition) is 1. The normalized spacial score (nSPS) is 26.7. The average molecular weight is 830 g/mol. The molecular weight excluding hydrogens is 788 g/mol. The Kier molecular flexibility index (Phi) is 10.5. The number of hydrogen-bond acceptors (Lipinski definition) is 11. The minimum Gasteiger partial charge on any atom is -0.411 e. The van der Waals surface area contributed by atoms with Crippen LogP contribution in [0.15, 0.2) is 62.7 Å². The highest BCUT2D eigenvalue weighted by Gasteiger charge is 2.47. The van der Waals surface area contributed by atoms with Gasteiger partial charge in [-0.3, -0.25) is 4.79 Å². The second-order valence-corrected chi connectivity index (χ2v) is 16.4. The van der Waals surface area contributed by atoms with Crippen LogP contribution in [0, 0.1) is 23.7 Å². The number of carbonyl (C=O) groups is 1. The minimum atomic E-state index is -4.80. The van der Waals surface area contributed by atoms with Crippen molar-refractivity contribution in [3.8, 4) is 34.0 Å². The number of nitrogens with zero attached hydrogens (tertiary/aromatic N) is 3. The predicted molar refractivity (Wildman–Crippen MR) is 194 cm³/mol. The molecule has 0 radical (unpaired) electrons. The fraction of sp³-hybridized carbons (Fsp3) is 0.524. The maximum atomic E-state index is 12.9. The Hall–Kier alpha value is -4.90. The Bertz CT molecular complexity index is 2210. The van der Waals surface area contributed by atoms with Crippen molar-refractivity contribution in [1.82, 2.24) is 10.3 Å². The zero-order valence-corrected chi connectivity index (χ0v) is 31.6. The molecule has 6 fully saturated rings. The van der Waals surface area contributed by atoms with Crippen molar-refractivity contribution < 1.29 is 64.3 Å². The molecule has 2 aromatic heterocycles. The summed E-state index contributed by atoms with van der Waals surface area (Å²) < 4.78 is 109. The first-order valence-corrected chi connectivity index (χ1v) is 20.0. The van der Waals surface area contributed by atoms with E-state index in [2.05, 4.69) is 24.9 Å². The number of Topliss-reactive ketones (excluding diaryl/α,β-unsaturated/α-hetero) is 1. The van der Waals surface area contributed by atoms with E-state index in [4.69, 9.17) is 23.7 Å². The van der Waals surface area contributed by atoms with Crippen LogP contribution in [0.25, 0.3) is 22.5 Å². The third kappa shape index (κ3) is 8.58. The Morgan fingerprint density at radius 1 is 0.644 bits per heavy atom. The van der Waals surface area contributed by atoms with Crippen LogP contribution in [0.4, 0.5) is 26.3 Å². The molecule has 314 valence electrons. The van der Waals surface area contributed by atoms with Gasteiger partial charge in [-0.2, -0.15) is 0 Å². The molecule has 0 spiro atoms. The first-order valence-electron chi connectivity index (χ1n) is 20.0. The largest absolute Gasteiger partial charge is 0.573 e. The number of rotatable bonds is 12. The van der Waals surface area contributed by atoms with Gasteiger partial charge in [0.05, 0.1) is 31.1 Å². The molecule has 2 heterocycles. The molecular formula is C42H41F6N3O8. The van der Waals surface area contributed by atoms with Gasteiger partial charge in [-0.25, -0.2) is 0 Å². The molecule has 6 aliphatic rings. The summed E-state index contributed by atoms with van der Waals surface area (Å²) in [5.74, 6) is 2.39. The van der Waals surface area contributed by atoms with Gasteiger partial charge in [-0.15, -0.1) is 26.3 Å². The Labute approximate surface area is 334 Å². The third-order valence-electron chi connectivity index (χ3n) is 12.4. The van der Waals surface area contributed by atoms with Crippen molar-refractivity contribution in [3.05, 3.63) is 71.2 Å². The predicted octanol–water partition coefficient (Wildman–Crippen LogP) is 10.3. The summed E-state index contributed by atoms with van der Waals surface area (Å²) in [7, 11) is 0. The van der Waals surface area contributed by atoms with Gasteiger partial charge in [0.15, 0.2) is 0 Å². The Morgan fingerprint density at radius 2 is 1.10 bits per heavy atom. The molecule has 17 heteroatoms. The molecule has 0 amide bonds. The summed E-state index contributed by atoms with van der Waals surface area (Å²) in [4.78, 5) is 11.8. The van der Waals surface area contributed by atoms with Gasteiger partial charge in [0.1, 0.15) is 40.2 Å². The summed E-state index contributed by atoms with van der Waals surface area (Å²) in [6.45, 7) is 0.414. The molecule has 4 bridgehead atoms. The quantitative estimate of drug-likeness (QED) is 0.0834. The van der Waals surface area contributed by atoms with Crippen LogP contribution < -0.4 is 9.47 Å². The number of alkyl halides is 6. The fourth-order valence-corrected chi connectivity index (χ4v) is 9.34. The molecule has 6 atom stereocenters. The first-order chi connectivity index (χ1) is 28.3. The summed E-state index contributed by atoms with van der Waals surface area (Å²) in [6, 6.07) is 11.9. The number of halogens is 6. The number of para-hydroxylation sites is 2. The van der Waals surface area contributed by atoms with E-state index in [9.17, 15) is 31.1 Å². The molecule has 0 unspecified atom stereocenters. The van der Waals surface area contributed by atoms with Gasteiger partial charge >= 0.3 is 12.7 Å². The molecule has 2 aromatic carbocycles. The van der Waals surface area contributed by atoms with E-state index in [-0.39, 0.29) is 77.6 Å². The average Bonchev–Trinajstić information content (AvgIpc) is 3.87. The fourth-order valence-electron chi connectivity index (χ4n) is 9.34. The standard InChI is InChI=1S/C21H21F3N2O4.C21H20F3NO4/c22-21(23,24)29-17-4-2-1-3-14(17)19-15(20(30-26-19)11-5-6-11)10-28-18-9-12-7-13(18)8-16(12)25-27;22-21(23,24)28-17-4-2-1-3-14(17)19-15(20(29-25-19)11-5-6-11)10-27-18-9-12-7-13(18)8-16(12)26/h1-4,11-13,18,27H,5-10H2;1-4,11-13,18H,5-10H2/b25-16+;/t2*12-,13-,18-/m00/s1. The summed E-state index contributed by atoms with van der Waals surface area (Å²) in [5, 5.41) is 20.6. The van der Waals surface area contributed by atoms with Crippen molar-refractivity contribution in [3.63, 3.8) is 0 Å². The highest BCUT2D eigenvalue weighted by molar-refractivity contribution is 5.89. The third-order valence-corrected chi connectivity index (χ3v) is 12.4. The van der Waals surface area contributed by atoms with Crippen LogP contribution in [-0.4, -0.2) is 51.9 Å². The smallest absolute Gasteiger partial charge is 0.411 e. The van der Waals surface area contributed by atoms with Crippen LogP contribution in [0.3, 0.4) is 0 Å². The topological polar surface area (TPSA) is 139 Å². The molecule has 6 saturated carbocycles. The zero-order valence-electron chi connectivity index (χ0n) is 31.6. The summed E-state index contributed by atoms with van der Waals surface area (Å²) >= 11 is 0. The minimum absolute atomic E-state index is 0.00540. The lowest BCUT2D eigenvalue weighted by Gasteiger charge is -2.22. The van der Waals surface area contributed by atoms with Gasteiger partial charge in [-0.1, -0.05) is 39.7 Å². The van der Waals surface area contributed by atoms with E-state index < -0.39 is 12.7 Å². The summed E-state index contributed by atoms with van der Waals surface area (Å²) in [6.07, 6.45) is -1.12. The lowest BCUT2D eigenvalue weighted by atomic mass is 9.95. The first kappa shape index (κ1) is 39.6. The van der Waals surface area contributed by atoms with Crippen molar-refractivity contribution in [2.75, 3.05) is 0 Å². The number of carbonyl (C=O) groups excluding carboxylic acids is 1. The molecule has 59 heavy (non-hydrogen) atoms. The maximum Gasteiger partial charge on any atom is 0.573 e. The van der Waals surface area contributed by atoms with Crippen molar-refractivity contribution in [1.29, 1.82) is 0 Å². The molecule has 11 nitrogen and oxygen atoms in total. The Balaban J connectivity index is 0.000000152. The van der Waals surface area contributed by atoms with Crippen molar-refractivity contribution in [2.45, 2.75) is 114 Å². The van der Waals surface area contributed by atoms with E-state index in [1.807, 2.05) is 0 Å². The van der Waals surface area contributed by atoms with Crippen LogP contribution in [0.5, 0.6) is 11.5 Å². The van der Waals surface area contributed by atoms with Crippen molar-refractivity contribution in [2.24, 2.45) is 28.8 Å². The Morgan fingerprint density at radius 3 is 1.49 bits per heavy atom. The molecule has 0 saturated heterocycles. The van der Waals surface area contributed by atoms with E-state index in [0.29, 0.717) is 52.2 Å². The van der Waals surface area contributed by atoms with Crippen LogP contribution in [0.2, 0.25) is 0 Å². The highest BCUT2D eigenvalue weighted by atomic mass is 19.4. The number of ether oxygens (including phenoxy) is 4. The number of aromatic nitrogens is 2. The van der Waals surface area contributed by atoms with Crippen LogP contribution >= 0.6 is 0 Å². The molecule has 0 aliphatic heterocycles. The highest BCUT2D eigenvalue weighted by Crippen LogP contribution is 2.50. The SMILES string of the molecule is O/N=C1\C[C@@H]2C[C@H]1C[C@@H]2OCc1c(-c2ccccc2OC(F)(F)F)noc1C1CC1.O=C1C[C@@H]2C[C@H]1C[C@@H]2OCc1c(-c2ccccc2OC(F)(F)F)noc1C1CC1. The zero-order chi connectivity index (χ0) is 41.1. The van der Waals surface area contributed by atoms with Gasteiger partial charge < -0.3 is 33.2 Å². The van der Waals surface area contributed by atoms with Gasteiger partial charge in [0.25, 0.3) is 0 Å². The lowest BCUT2D eigenvalue weighted by Crippen LogP contribution is -2.25. The molecule has 1 N–H and O–H groups in total. The van der Waals surface area contributed by atoms with E-state index >= 15 is 0 Å². The van der Waals surface area contributed by atoms with Crippen LogP contribution in [-0.2, 0) is 27.5 Å². The number of benzene rings is 2. The van der Waals surface area contributed by atoms with Gasteiger partial charge in [0, 0.05) is 52.3 Å². The number of oxime groups is 1. The second kappa shape index (κ2) is 15.6. The second-order valence-electron chi connectivity index (χ2n) is 16.4. The number of fused-ring (bicyclic) bond motifs is 4. The van der Waals surface area contributed by atoms with Crippen molar-refractivity contribution >= 4 is 11.5 Å². The van der Waals surface area contributed by atoms with Gasteiger partial charge in [0.2, 0.25) is 0 Å². The van der Waals surface area contributed by atoms with Gasteiger partial charge in [-0.05, 0) is 93.9 Å². The van der Waals surface area contributed by atoms with Crippen LogP contribution in [0.1, 0.15) is 98.7 Å². The van der Waals surface area contributed by atoms with E-state index in [1.165, 1.54) is 30.3 Å². The molecule has 6 aliphatic carbocycles.